The third-order valence-corrected chi connectivity index (χ3v) is 3.89. The minimum Gasteiger partial charge on any atom is -0.369 e. The molecule has 4 heteroatoms. The van der Waals surface area contributed by atoms with Crippen molar-refractivity contribution in [2.45, 2.75) is 13.8 Å². The normalized spacial score (nSPS) is 42.8. The highest BCUT2D eigenvalue weighted by Crippen LogP contribution is 2.53. The van der Waals surface area contributed by atoms with E-state index >= 15 is 0 Å². The van der Waals surface area contributed by atoms with Gasteiger partial charge in [-0.3, -0.25) is 9.59 Å². The molecule has 82 valence electrons. The predicted molar refractivity (Wildman–Crippen MR) is 55.3 cm³/mol. The molecule has 15 heavy (non-hydrogen) atoms. The first-order valence-electron chi connectivity index (χ1n) is 5.25. The van der Waals surface area contributed by atoms with Crippen molar-refractivity contribution in [1.29, 1.82) is 0 Å². The second-order valence-electron chi connectivity index (χ2n) is 4.70. The lowest BCUT2D eigenvalue weighted by molar-refractivity contribution is -0.136. The van der Waals surface area contributed by atoms with Gasteiger partial charge in [0.15, 0.2) is 0 Å². The zero-order chi connectivity index (χ0) is 11.3. The quantitative estimate of drug-likeness (QED) is 0.627. The molecule has 2 aliphatic carbocycles. The molecule has 4 unspecified atom stereocenters. The van der Waals surface area contributed by atoms with Gasteiger partial charge in [0.1, 0.15) is 0 Å². The SMILES string of the molecule is CC1C2=C[C@H]2C(C)C(C(N)=O)C1C(N)=O. The Labute approximate surface area is 88.7 Å². The van der Waals surface area contributed by atoms with E-state index in [1.165, 1.54) is 5.57 Å². The maximum atomic E-state index is 11.4. The van der Waals surface area contributed by atoms with E-state index in [-0.39, 0.29) is 11.8 Å². The summed E-state index contributed by atoms with van der Waals surface area (Å²) in [6.45, 7) is 3.91. The fourth-order valence-corrected chi connectivity index (χ4v) is 3.00. The summed E-state index contributed by atoms with van der Waals surface area (Å²) in [6, 6.07) is 0. The topological polar surface area (TPSA) is 86.2 Å². The number of amides is 2. The largest absolute Gasteiger partial charge is 0.369 e. The van der Waals surface area contributed by atoms with Crippen LogP contribution in [0, 0.1) is 29.6 Å². The Hall–Kier alpha value is -1.32. The average Bonchev–Trinajstić information content (AvgIpc) is 2.88. The Bertz CT molecular complexity index is 362. The Morgan fingerprint density at radius 3 is 2.13 bits per heavy atom. The van der Waals surface area contributed by atoms with E-state index in [1.807, 2.05) is 13.8 Å². The van der Waals surface area contributed by atoms with Crippen LogP contribution in [-0.2, 0) is 9.59 Å². The molecule has 0 aromatic carbocycles. The Balaban J connectivity index is 2.32. The van der Waals surface area contributed by atoms with Crippen molar-refractivity contribution in [2.75, 3.05) is 0 Å². The predicted octanol–water partition coefficient (Wildman–Crippen LogP) is 0.0314. The van der Waals surface area contributed by atoms with Gasteiger partial charge in [0.25, 0.3) is 0 Å². The van der Waals surface area contributed by atoms with Crippen LogP contribution < -0.4 is 11.5 Å². The lowest BCUT2D eigenvalue weighted by Gasteiger charge is -2.36. The molecule has 0 radical (unpaired) electrons. The second-order valence-corrected chi connectivity index (χ2v) is 4.70. The molecule has 4 nitrogen and oxygen atoms in total. The Kier molecular flexibility index (Phi) is 2.10. The number of nitrogens with two attached hydrogens (primary N) is 2. The number of allylic oxidation sites excluding steroid dienone is 2. The zero-order valence-electron chi connectivity index (χ0n) is 8.94. The smallest absolute Gasteiger partial charge is 0.221 e. The van der Waals surface area contributed by atoms with E-state index in [4.69, 9.17) is 11.5 Å². The highest BCUT2D eigenvalue weighted by Gasteiger charge is 2.52. The first-order valence-corrected chi connectivity index (χ1v) is 5.25. The van der Waals surface area contributed by atoms with Gasteiger partial charge in [-0.25, -0.2) is 0 Å². The van der Waals surface area contributed by atoms with Gasteiger partial charge in [-0.15, -0.1) is 0 Å². The molecule has 1 fully saturated rings. The average molecular weight is 208 g/mol. The molecule has 1 saturated carbocycles. The van der Waals surface area contributed by atoms with Crippen molar-refractivity contribution in [1.82, 2.24) is 0 Å². The van der Waals surface area contributed by atoms with Crippen LogP contribution in [0.5, 0.6) is 0 Å². The standard InChI is InChI=1S/C11H16N2O2/c1-4-6-3-7(6)5(2)9(11(13)15)8(4)10(12)14/h3-6,8-9H,1-2H3,(H2,12,14)(H2,13,15)/t4?,5?,6-,8?,9?/m0/s1. The molecule has 0 aliphatic heterocycles. The van der Waals surface area contributed by atoms with Crippen molar-refractivity contribution < 1.29 is 9.59 Å². The number of carbonyl (C=O) groups is 2. The lowest BCUT2D eigenvalue weighted by atomic mass is 9.66. The maximum absolute atomic E-state index is 11.4. The fourth-order valence-electron chi connectivity index (χ4n) is 3.00. The van der Waals surface area contributed by atoms with Crippen LogP contribution in [0.3, 0.4) is 0 Å². The maximum Gasteiger partial charge on any atom is 0.221 e. The summed E-state index contributed by atoms with van der Waals surface area (Å²) in [5, 5.41) is 0. The molecule has 0 bridgehead atoms. The molecule has 5 atom stereocenters. The number of primary amides is 2. The van der Waals surface area contributed by atoms with Crippen molar-refractivity contribution in [2.24, 2.45) is 41.1 Å². The van der Waals surface area contributed by atoms with Gasteiger partial charge in [-0.1, -0.05) is 25.5 Å². The third-order valence-electron chi connectivity index (χ3n) is 3.89. The van der Waals surface area contributed by atoms with Gasteiger partial charge in [-0.2, -0.15) is 0 Å². The molecular formula is C11H16N2O2. The molecule has 0 heterocycles. The van der Waals surface area contributed by atoms with E-state index in [9.17, 15) is 9.59 Å². The summed E-state index contributed by atoms with van der Waals surface area (Å²) in [5.41, 5.74) is 12.0. The minimum absolute atomic E-state index is 0.0706. The summed E-state index contributed by atoms with van der Waals surface area (Å²) in [6.07, 6.45) is 2.12. The summed E-state index contributed by atoms with van der Waals surface area (Å²) >= 11 is 0. The van der Waals surface area contributed by atoms with E-state index < -0.39 is 23.7 Å². The molecule has 0 aromatic rings. The number of hydrogen-bond acceptors (Lipinski definition) is 2. The Morgan fingerprint density at radius 2 is 1.67 bits per heavy atom. The van der Waals surface area contributed by atoms with Gasteiger partial charge >= 0.3 is 0 Å². The van der Waals surface area contributed by atoms with E-state index in [2.05, 4.69) is 6.08 Å². The van der Waals surface area contributed by atoms with Crippen LogP contribution in [0.25, 0.3) is 0 Å². The van der Waals surface area contributed by atoms with Crippen LogP contribution >= 0.6 is 0 Å². The summed E-state index contributed by atoms with van der Waals surface area (Å²) < 4.78 is 0. The third kappa shape index (κ3) is 1.35. The van der Waals surface area contributed by atoms with Crippen molar-refractivity contribution >= 4 is 11.8 Å². The first-order chi connectivity index (χ1) is 6.95. The molecule has 2 aliphatic rings. The number of carbonyl (C=O) groups excluding carboxylic acids is 2. The van der Waals surface area contributed by atoms with E-state index in [0.29, 0.717) is 5.92 Å². The summed E-state index contributed by atoms with van der Waals surface area (Å²) in [7, 11) is 0. The van der Waals surface area contributed by atoms with E-state index in [0.717, 1.165) is 0 Å². The monoisotopic (exact) mass is 208 g/mol. The zero-order valence-corrected chi connectivity index (χ0v) is 8.94. The van der Waals surface area contributed by atoms with E-state index in [1.54, 1.807) is 0 Å². The Morgan fingerprint density at radius 1 is 1.13 bits per heavy atom. The van der Waals surface area contributed by atoms with Crippen LogP contribution in [0.4, 0.5) is 0 Å². The van der Waals surface area contributed by atoms with Gasteiger partial charge in [-0.05, 0) is 11.8 Å². The number of hydrogen-bond donors (Lipinski definition) is 2. The van der Waals surface area contributed by atoms with Crippen LogP contribution in [0.15, 0.2) is 11.6 Å². The summed E-state index contributed by atoms with van der Waals surface area (Å²) in [4.78, 5) is 22.8. The van der Waals surface area contributed by atoms with Gasteiger partial charge in [0.2, 0.25) is 11.8 Å². The summed E-state index contributed by atoms with van der Waals surface area (Å²) in [5.74, 6) is -1.10. The first kappa shape index (κ1) is 10.2. The molecule has 0 spiro atoms. The molecule has 2 rings (SSSR count). The van der Waals surface area contributed by atoms with Crippen molar-refractivity contribution in [3.63, 3.8) is 0 Å². The van der Waals surface area contributed by atoms with Gasteiger partial charge in [0, 0.05) is 5.92 Å². The van der Waals surface area contributed by atoms with Crippen LogP contribution in [0.1, 0.15) is 13.8 Å². The molecule has 4 N–H and O–H groups in total. The minimum atomic E-state index is -0.428. The van der Waals surface area contributed by atoms with Crippen molar-refractivity contribution in [3.8, 4) is 0 Å². The number of fused-ring (bicyclic) bond motifs is 1. The molecule has 2 amide bonds. The molecule has 0 saturated heterocycles. The fraction of sp³-hybridized carbons (Fsp3) is 0.636. The van der Waals surface area contributed by atoms with Crippen LogP contribution in [0.2, 0.25) is 0 Å². The molecular weight excluding hydrogens is 192 g/mol. The van der Waals surface area contributed by atoms with Gasteiger partial charge in [0.05, 0.1) is 11.8 Å². The highest BCUT2D eigenvalue weighted by molar-refractivity contribution is 5.87. The van der Waals surface area contributed by atoms with Gasteiger partial charge < -0.3 is 11.5 Å². The second kappa shape index (κ2) is 3.08. The number of rotatable bonds is 2. The van der Waals surface area contributed by atoms with Crippen LogP contribution in [-0.4, -0.2) is 11.8 Å². The van der Waals surface area contributed by atoms with Crippen molar-refractivity contribution in [3.05, 3.63) is 11.6 Å². The highest BCUT2D eigenvalue weighted by atomic mass is 16.2. The lowest BCUT2D eigenvalue weighted by Crippen LogP contribution is -2.47. The molecule has 0 aromatic heterocycles.